The molecule has 0 aliphatic carbocycles. The van der Waals surface area contributed by atoms with E-state index in [1.54, 1.807) is 12.1 Å². The summed E-state index contributed by atoms with van der Waals surface area (Å²) in [4.78, 5) is 18.2. The van der Waals surface area contributed by atoms with Crippen LogP contribution in [0.2, 0.25) is 0 Å². The number of rotatable bonds is 4. The third-order valence-electron chi connectivity index (χ3n) is 4.85. The van der Waals surface area contributed by atoms with E-state index < -0.39 is 5.97 Å². The molecule has 0 unspecified atom stereocenters. The predicted octanol–water partition coefficient (Wildman–Crippen LogP) is 4.37. The smallest absolute Gasteiger partial charge is 0.335 e. The van der Waals surface area contributed by atoms with E-state index in [-0.39, 0.29) is 0 Å². The van der Waals surface area contributed by atoms with Crippen molar-refractivity contribution in [1.82, 2.24) is 9.88 Å². The molecule has 0 bridgehead atoms. The molecule has 0 amide bonds. The zero-order chi connectivity index (χ0) is 17.2. The molecule has 0 spiro atoms. The molecule has 4 nitrogen and oxygen atoms in total. The maximum Gasteiger partial charge on any atom is 0.335 e. The van der Waals surface area contributed by atoms with Crippen LogP contribution in [0.25, 0.3) is 10.2 Å². The first kappa shape index (κ1) is 16.2. The van der Waals surface area contributed by atoms with E-state index in [0.29, 0.717) is 11.5 Å². The van der Waals surface area contributed by atoms with Crippen LogP contribution in [0.15, 0.2) is 48.5 Å². The normalized spacial score (nSPS) is 16.3. The molecule has 25 heavy (non-hydrogen) atoms. The van der Waals surface area contributed by atoms with Crippen LogP contribution in [0.1, 0.15) is 39.7 Å². The van der Waals surface area contributed by atoms with Crippen LogP contribution >= 0.6 is 11.3 Å². The maximum absolute atomic E-state index is 10.9. The third kappa shape index (κ3) is 3.57. The molecule has 1 aliphatic rings. The highest BCUT2D eigenvalue weighted by Crippen LogP contribution is 2.34. The van der Waals surface area contributed by atoms with E-state index in [2.05, 4.69) is 23.1 Å². The second-order valence-electron chi connectivity index (χ2n) is 6.57. The van der Waals surface area contributed by atoms with Gasteiger partial charge in [-0.05, 0) is 55.8 Å². The summed E-state index contributed by atoms with van der Waals surface area (Å²) < 4.78 is 1.28. The lowest BCUT2D eigenvalue weighted by Gasteiger charge is -2.31. The summed E-state index contributed by atoms with van der Waals surface area (Å²) >= 11 is 1.83. The molecule has 2 heterocycles. The van der Waals surface area contributed by atoms with Crippen molar-refractivity contribution in [2.75, 3.05) is 13.1 Å². The van der Waals surface area contributed by atoms with Crippen molar-refractivity contribution in [2.45, 2.75) is 25.3 Å². The molecule has 1 aliphatic heterocycles. The molecule has 1 fully saturated rings. The average Bonchev–Trinajstić information content (AvgIpc) is 3.07. The zero-order valence-corrected chi connectivity index (χ0v) is 14.7. The first-order chi connectivity index (χ1) is 12.2. The minimum Gasteiger partial charge on any atom is -0.478 e. The predicted molar refractivity (Wildman–Crippen MR) is 100 cm³/mol. The number of para-hydroxylation sites is 1. The van der Waals surface area contributed by atoms with Crippen molar-refractivity contribution in [3.05, 3.63) is 64.7 Å². The van der Waals surface area contributed by atoms with Crippen molar-refractivity contribution < 1.29 is 9.90 Å². The number of hydrogen-bond donors (Lipinski definition) is 1. The Morgan fingerprint density at radius 3 is 2.52 bits per heavy atom. The number of thiazole rings is 1. The van der Waals surface area contributed by atoms with Crippen LogP contribution in [0.3, 0.4) is 0 Å². The molecule has 1 aromatic heterocycles. The zero-order valence-electron chi connectivity index (χ0n) is 13.9. The minimum absolute atomic E-state index is 0.346. The molecule has 0 radical (unpaired) electrons. The molecule has 2 aromatic carbocycles. The van der Waals surface area contributed by atoms with Crippen LogP contribution < -0.4 is 0 Å². The van der Waals surface area contributed by atoms with Gasteiger partial charge in [-0.25, -0.2) is 9.78 Å². The Labute approximate surface area is 150 Å². The number of benzene rings is 2. The number of aromatic nitrogens is 1. The highest BCUT2D eigenvalue weighted by atomic mass is 32.1. The quantitative estimate of drug-likeness (QED) is 0.757. The van der Waals surface area contributed by atoms with E-state index in [4.69, 9.17) is 10.1 Å². The molecule has 0 atom stereocenters. The standard InChI is InChI=1S/C20H20N2O2S/c23-20(24)16-7-5-14(6-8-16)13-22-11-9-15(10-12-22)19-21-17-3-1-2-4-18(17)25-19/h1-8,15H,9-13H2,(H,23,24). The number of fused-ring (bicyclic) bond motifs is 1. The number of carboxylic acid groups (broad SMARTS) is 1. The fourth-order valence-electron chi connectivity index (χ4n) is 3.41. The van der Waals surface area contributed by atoms with Crippen molar-refractivity contribution >= 4 is 27.5 Å². The van der Waals surface area contributed by atoms with Crippen molar-refractivity contribution in [3.8, 4) is 0 Å². The topological polar surface area (TPSA) is 53.4 Å². The van der Waals surface area contributed by atoms with Gasteiger partial charge in [0.05, 0.1) is 20.8 Å². The van der Waals surface area contributed by atoms with Crippen LogP contribution in [0.5, 0.6) is 0 Å². The van der Waals surface area contributed by atoms with Gasteiger partial charge in [0.1, 0.15) is 0 Å². The minimum atomic E-state index is -0.872. The lowest BCUT2D eigenvalue weighted by molar-refractivity contribution is 0.0697. The summed E-state index contributed by atoms with van der Waals surface area (Å²) in [6.07, 6.45) is 2.26. The fourth-order valence-corrected chi connectivity index (χ4v) is 4.55. The van der Waals surface area contributed by atoms with Gasteiger partial charge in [0, 0.05) is 12.5 Å². The van der Waals surface area contributed by atoms with Gasteiger partial charge < -0.3 is 5.11 Å². The molecule has 3 aromatic rings. The Bertz CT molecular complexity index is 847. The van der Waals surface area contributed by atoms with Gasteiger partial charge in [0.15, 0.2) is 0 Å². The Balaban J connectivity index is 1.37. The van der Waals surface area contributed by atoms with Crippen molar-refractivity contribution in [3.63, 3.8) is 0 Å². The van der Waals surface area contributed by atoms with Crippen LogP contribution in [-0.2, 0) is 6.54 Å². The van der Waals surface area contributed by atoms with Crippen molar-refractivity contribution in [1.29, 1.82) is 0 Å². The molecule has 1 saturated heterocycles. The number of piperidine rings is 1. The Hall–Kier alpha value is -2.24. The Kier molecular flexibility index (Phi) is 4.51. The summed E-state index contributed by atoms with van der Waals surface area (Å²) in [7, 11) is 0. The van der Waals surface area contributed by atoms with E-state index in [1.165, 1.54) is 15.3 Å². The van der Waals surface area contributed by atoms with Gasteiger partial charge in [-0.3, -0.25) is 4.90 Å². The molecule has 5 heteroatoms. The van der Waals surface area contributed by atoms with Gasteiger partial charge in [-0.15, -0.1) is 11.3 Å². The summed E-state index contributed by atoms with van der Waals surface area (Å²) in [6.45, 7) is 3.00. The lowest BCUT2D eigenvalue weighted by atomic mass is 9.97. The number of carbonyl (C=O) groups is 1. The molecule has 1 N–H and O–H groups in total. The van der Waals surface area contributed by atoms with Crippen LogP contribution in [0.4, 0.5) is 0 Å². The molecular weight excluding hydrogens is 332 g/mol. The Morgan fingerprint density at radius 1 is 1.12 bits per heavy atom. The monoisotopic (exact) mass is 352 g/mol. The number of hydrogen-bond acceptors (Lipinski definition) is 4. The SMILES string of the molecule is O=C(O)c1ccc(CN2CCC(c3nc4ccccc4s3)CC2)cc1. The highest BCUT2D eigenvalue weighted by molar-refractivity contribution is 7.18. The average molecular weight is 352 g/mol. The van der Waals surface area contributed by atoms with Gasteiger partial charge in [0.2, 0.25) is 0 Å². The third-order valence-corrected chi connectivity index (χ3v) is 6.05. The fraction of sp³-hybridized carbons (Fsp3) is 0.300. The number of aromatic carboxylic acids is 1. The van der Waals surface area contributed by atoms with Gasteiger partial charge >= 0.3 is 5.97 Å². The van der Waals surface area contributed by atoms with Crippen molar-refractivity contribution in [2.24, 2.45) is 0 Å². The van der Waals surface area contributed by atoms with E-state index >= 15 is 0 Å². The van der Waals surface area contributed by atoms with E-state index in [9.17, 15) is 4.79 Å². The molecular formula is C20H20N2O2S. The number of likely N-dealkylation sites (tertiary alicyclic amines) is 1. The number of nitrogens with zero attached hydrogens (tertiary/aromatic N) is 2. The largest absolute Gasteiger partial charge is 0.478 e. The van der Waals surface area contributed by atoms with Gasteiger partial charge in [-0.2, -0.15) is 0 Å². The highest BCUT2D eigenvalue weighted by Gasteiger charge is 2.23. The number of carboxylic acids is 1. The van der Waals surface area contributed by atoms with Gasteiger partial charge in [0.25, 0.3) is 0 Å². The lowest BCUT2D eigenvalue weighted by Crippen LogP contribution is -2.32. The molecule has 0 saturated carbocycles. The molecule has 4 rings (SSSR count). The van der Waals surface area contributed by atoms with Crippen LogP contribution in [-0.4, -0.2) is 34.0 Å². The second-order valence-corrected chi connectivity index (χ2v) is 7.63. The summed E-state index contributed by atoms with van der Waals surface area (Å²) in [5, 5.41) is 10.2. The Morgan fingerprint density at radius 2 is 1.84 bits per heavy atom. The summed E-state index contributed by atoms with van der Waals surface area (Å²) in [6, 6.07) is 15.6. The first-order valence-electron chi connectivity index (χ1n) is 8.59. The van der Waals surface area contributed by atoms with E-state index in [1.807, 2.05) is 29.5 Å². The van der Waals surface area contributed by atoms with Gasteiger partial charge in [-0.1, -0.05) is 24.3 Å². The summed E-state index contributed by atoms with van der Waals surface area (Å²) in [5.41, 5.74) is 2.63. The first-order valence-corrected chi connectivity index (χ1v) is 9.41. The maximum atomic E-state index is 10.9. The second kappa shape index (κ2) is 6.94. The summed E-state index contributed by atoms with van der Waals surface area (Å²) in [5.74, 6) is -0.314. The molecule has 128 valence electrons. The van der Waals surface area contributed by atoms with E-state index in [0.717, 1.165) is 38.0 Å². The van der Waals surface area contributed by atoms with Crippen LogP contribution in [0, 0.1) is 0 Å².